The average molecular weight is 537 g/mol. The zero-order valence-corrected chi connectivity index (χ0v) is 24.2. The van der Waals surface area contributed by atoms with E-state index in [2.05, 4.69) is 5.32 Å². The molecule has 1 aromatic rings. The molecule has 0 spiro atoms. The van der Waals surface area contributed by atoms with Crippen LogP contribution in [0, 0.1) is 5.92 Å². The zero-order valence-electron chi connectivity index (χ0n) is 24.2. The first-order valence-electron chi connectivity index (χ1n) is 13.1. The molecule has 0 bridgehead atoms. The average Bonchev–Trinajstić information content (AvgIpc) is 2.68. The molecule has 1 aliphatic rings. The first kappa shape index (κ1) is 31.4. The molecule has 1 amide bonds. The molecule has 0 aromatic heterocycles. The van der Waals surface area contributed by atoms with Crippen LogP contribution in [-0.2, 0) is 30.2 Å². The highest BCUT2D eigenvalue weighted by Gasteiger charge is 2.35. The molecule has 38 heavy (non-hydrogen) atoms. The van der Waals surface area contributed by atoms with Gasteiger partial charge in [-0.3, -0.25) is 4.79 Å². The van der Waals surface area contributed by atoms with Crippen molar-refractivity contribution in [2.45, 2.75) is 123 Å². The molecule has 0 heterocycles. The fraction of sp³-hybridized carbons (Fsp3) is 0.690. The van der Waals surface area contributed by atoms with Crippen LogP contribution in [0.3, 0.4) is 0 Å². The van der Waals surface area contributed by atoms with E-state index < -0.39 is 53.0 Å². The lowest BCUT2D eigenvalue weighted by Crippen LogP contribution is -2.48. The second-order valence-electron chi connectivity index (χ2n) is 12.9. The summed E-state index contributed by atoms with van der Waals surface area (Å²) in [4.78, 5) is 38.9. The summed E-state index contributed by atoms with van der Waals surface area (Å²) in [6, 6.07) is 6.05. The van der Waals surface area contributed by atoms with E-state index in [1.807, 2.05) is 12.1 Å². The lowest BCUT2D eigenvalue weighted by Gasteiger charge is -2.30. The fourth-order valence-corrected chi connectivity index (χ4v) is 3.75. The van der Waals surface area contributed by atoms with Gasteiger partial charge in [0.15, 0.2) is 0 Å². The van der Waals surface area contributed by atoms with Crippen molar-refractivity contribution in [3.05, 3.63) is 29.8 Å². The minimum atomic E-state index is -1.14. The summed E-state index contributed by atoms with van der Waals surface area (Å²) in [5, 5.41) is 2.58. The van der Waals surface area contributed by atoms with Gasteiger partial charge in [-0.15, -0.1) is 0 Å². The molecule has 1 aliphatic carbocycles. The van der Waals surface area contributed by atoms with Crippen molar-refractivity contribution in [2.75, 3.05) is 0 Å². The van der Waals surface area contributed by atoms with Crippen molar-refractivity contribution in [1.82, 2.24) is 5.32 Å². The Morgan fingerprint density at radius 2 is 1.34 bits per heavy atom. The Hall–Kier alpha value is -2.84. The van der Waals surface area contributed by atoms with E-state index in [0.717, 1.165) is 5.56 Å². The molecule has 1 fully saturated rings. The third-order valence-corrected chi connectivity index (χ3v) is 5.39. The molecule has 214 valence electrons. The first-order chi connectivity index (χ1) is 17.3. The Morgan fingerprint density at radius 3 is 1.82 bits per heavy atom. The van der Waals surface area contributed by atoms with Gasteiger partial charge in [0.25, 0.3) is 0 Å². The minimum absolute atomic E-state index is 0.0543. The number of nitrogens with one attached hydrogen (secondary N) is 1. The number of ether oxygens (including phenoxy) is 4. The number of rotatable bonds is 9. The molecule has 2 atom stereocenters. The number of amides is 1. The van der Waals surface area contributed by atoms with Gasteiger partial charge in [-0.1, -0.05) is 12.1 Å². The molecule has 9 heteroatoms. The predicted octanol–water partition coefficient (Wildman–Crippen LogP) is 5.69. The van der Waals surface area contributed by atoms with Crippen LogP contribution in [0.2, 0.25) is 0 Å². The van der Waals surface area contributed by atoms with Crippen LogP contribution in [0.5, 0.6) is 5.75 Å². The summed E-state index contributed by atoms with van der Waals surface area (Å²) in [5.74, 6) is -1.32. The highest BCUT2D eigenvalue weighted by Crippen LogP contribution is 2.29. The van der Waals surface area contributed by atoms with Crippen molar-refractivity contribution < 1.29 is 37.7 Å². The molecule has 0 radical (unpaired) electrons. The van der Waals surface area contributed by atoms with Crippen molar-refractivity contribution in [3.8, 4) is 5.75 Å². The van der Waals surface area contributed by atoms with Crippen molar-refractivity contribution in [2.24, 2.45) is 5.92 Å². The standard InChI is InChI=1S/C29H44FNO7/c1-27(2,3)36-24(32)19(14-18-10-12-21(13-11-18)35-22-16-20(30)17-22)15-23(25(33)37-28(4,5)6)31-26(34)38-29(7,8)9/h10-13,19-20,22-23H,14-17H2,1-9H3,(H,31,34)/t19?,20?,22?,23-/m0/s1/i30-1. The van der Waals surface area contributed by atoms with Crippen molar-refractivity contribution >= 4 is 18.0 Å². The number of halogens is 1. The quantitative estimate of drug-likeness (QED) is 0.320. The minimum Gasteiger partial charge on any atom is -0.490 e. The Morgan fingerprint density at radius 1 is 0.842 bits per heavy atom. The van der Waals surface area contributed by atoms with E-state index in [9.17, 15) is 18.8 Å². The van der Waals surface area contributed by atoms with Crippen molar-refractivity contribution in [3.63, 3.8) is 0 Å². The highest BCUT2D eigenvalue weighted by atomic mass is 18.2. The van der Waals surface area contributed by atoms with Gasteiger partial charge >= 0.3 is 18.0 Å². The monoisotopic (exact) mass is 536 g/mol. The Kier molecular flexibility index (Phi) is 10.2. The number of hydrogen-bond donors (Lipinski definition) is 1. The van der Waals surface area contributed by atoms with Gasteiger partial charge < -0.3 is 24.3 Å². The molecule has 0 saturated heterocycles. The molecular formula is C29H44FNO7. The second-order valence-corrected chi connectivity index (χ2v) is 12.9. The maximum Gasteiger partial charge on any atom is 0.408 e. The van der Waals surface area contributed by atoms with Crippen LogP contribution < -0.4 is 10.1 Å². The molecule has 1 aromatic carbocycles. The first-order valence-corrected chi connectivity index (χ1v) is 13.1. The summed E-state index contributed by atoms with van der Waals surface area (Å²) in [7, 11) is 0. The number of carbonyl (C=O) groups excluding carboxylic acids is 3. The smallest absolute Gasteiger partial charge is 0.408 e. The lowest BCUT2D eigenvalue weighted by atomic mass is 9.92. The molecule has 2 rings (SSSR count). The number of carbonyl (C=O) groups is 3. The molecule has 1 saturated carbocycles. The Balaban J connectivity index is 2.24. The van der Waals surface area contributed by atoms with E-state index in [1.165, 1.54) is 0 Å². The van der Waals surface area contributed by atoms with Crippen LogP contribution >= 0.6 is 0 Å². The van der Waals surface area contributed by atoms with Gasteiger partial charge in [0.2, 0.25) is 0 Å². The van der Waals surface area contributed by atoms with Crippen LogP contribution in [0.25, 0.3) is 0 Å². The largest absolute Gasteiger partial charge is 0.490 e. The number of alkyl halides is 1. The van der Waals surface area contributed by atoms with E-state index in [4.69, 9.17) is 18.9 Å². The van der Waals surface area contributed by atoms with Gasteiger partial charge in [-0.2, -0.15) is 0 Å². The van der Waals surface area contributed by atoms with Crippen molar-refractivity contribution in [1.29, 1.82) is 0 Å². The highest BCUT2D eigenvalue weighted by molar-refractivity contribution is 5.83. The summed E-state index contributed by atoms with van der Waals surface area (Å²) in [6.45, 7) is 15.6. The lowest BCUT2D eigenvalue weighted by molar-refractivity contribution is -0.162. The van der Waals surface area contributed by atoms with Crippen LogP contribution in [0.1, 0.15) is 87.1 Å². The van der Waals surface area contributed by atoms with Gasteiger partial charge in [0.1, 0.15) is 40.9 Å². The Bertz CT molecular complexity index is 951. The maximum atomic E-state index is 13.2. The van der Waals surface area contributed by atoms with Crippen LogP contribution in [0.15, 0.2) is 24.3 Å². The Labute approximate surface area is 225 Å². The number of benzene rings is 1. The third-order valence-electron chi connectivity index (χ3n) is 5.39. The second kappa shape index (κ2) is 12.3. The topological polar surface area (TPSA) is 100 Å². The van der Waals surface area contributed by atoms with Gasteiger partial charge in [-0.25, -0.2) is 14.0 Å². The fourth-order valence-electron chi connectivity index (χ4n) is 3.75. The van der Waals surface area contributed by atoms with Gasteiger partial charge in [0.05, 0.1) is 5.92 Å². The summed E-state index contributed by atoms with van der Waals surface area (Å²) >= 11 is 0. The molecule has 8 nitrogen and oxygen atoms in total. The van der Waals surface area contributed by atoms with E-state index >= 15 is 0 Å². The van der Waals surface area contributed by atoms with E-state index in [1.54, 1.807) is 74.4 Å². The SMILES string of the molecule is CC(C)(C)OC(=O)N[C@@H](CC(Cc1ccc(OC2CC([18F])C2)cc1)C(=O)OC(C)(C)C)C(=O)OC(C)(C)C. The van der Waals surface area contributed by atoms with Crippen LogP contribution in [0.4, 0.5) is 9.18 Å². The van der Waals surface area contributed by atoms with E-state index in [0.29, 0.717) is 18.6 Å². The van der Waals surface area contributed by atoms with Crippen LogP contribution in [-0.4, -0.2) is 53.2 Å². The summed E-state index contributed by atoms with van der Waals surface area (Å²) in [6.07, 6.45) is -0.746. The number of alkyl carbamates (subject to hydrolysis) is 1. The summed E-state index contributed by atoms with van der Waals surface area (Å²) in [5.41, 5.74) is -1.51. The molecule has 0 aliphatic heterocycles. The van der Waals surface area contributed by atoms with Gasteiger partial charge in [-0.05, 0) is 92.9 Å². The normalized spacial score (nSPS) is 19.4. The van der Waals surface area contributed by atoms with Gasteiger partial charge in [0, 0.05) is 12.8 Å². The molecular weight excluding hydrogens is 492 g/mol. The third kappa shape index (κ3) is 11.7. The molecule has 1 N–H and O–H groups in total. The predicted molar refractivity (Wildman–Crippen MR) is 142 cm³/mol. The summed E-state index contributed by atoms with van der Waals surface area (Å²) < 4.78 is 35.4. The zero-order chi connectivity index (χ0) is 28.9. The maximum absolute atomic E-state index is 13.2. The molecule has 1 unspecified atom stereocenters. The number of esters is 2. The van der Waals surface area contributed by atoms with E-state index in [-0.39, 0.29) is 18.9 Å². The number of hydrogen-bond acceptors (Lipinski definition) is 7.